The van der Waals surface area contributed by atoms with Crippen LogP contribution in [-0.2, 0) is 4.74 Å². The standard InChI is InChI=1S/C18H24BrN3O2/c1-12-10-17-16(11-15(12)19)20-18(23)22(17)14-2-6-21(7-3-14)13-4-8-24-9-5-13/h10-11,13-14H,2-9H2,1H3,(H,20,23). The van der Waals surface area contributed by atoms with E-state index in [2.05, 4.69) is 38.8 Å². The molecule has 0 bridgehead atoms. The van der Waals surface area contributed by atoms with Gasteiger partial charge < -0.3 is 14.6 Å². The van der Waals surface area contributed by atoms with E-state index in [0.29, 0.717) is 12.1 Å². The molecule has 0 unspecified atom stereocenters. The van der Waals surface area contributed by atoms with E-state index in [1.54, 1.807) is 0 Å². The minimum Gasteiger partial charge on any atom is -0.381 e. The van der Waals surface area contributed by atoms with Crippen LogP contribution in [0, 0.1) is 6.92 Å². The number of benzene rings is 1. The second-order valence-corrected chi connectivity index (χ2v) is 7.88. The monoisotopic (exact) mass is 393 g/mol. The second-order valence-electron chi connectivity index (χ2n) is 7.03. The van der Waals surface area contributed by atoms with Crippen molar-refractivity contribution in [3.8, 4) is 0 Å². The Hall–Kier alpha value is -1.11. The highest BCUT2D eigenvalue weighted by atomic mass is 79.9. The summed E-state index contributed by atoms with van der Waals surface area (Å²) in [5, 5.41) is 0. The van der Waals surface area contributed by atoms with E-state index in [1.165, 1.54) is 0 Å². The van der Waals surface area contributed by atoms with Gasteiger partial charge in [-0.15, -0.1) is 0 Å². The lowest BCUT2D eigenvalue weighted by Crippen LogP contribution is -2.45. The third-order valence-electron chi connectivity index (χ3n) is 5.57. The Bertz CT molecular complexity index is 783. The van der Waals surface area contributed by atoms with Crippen molar-refractivity contribution in [2.75, 3.05) is 26.3 Å². The summed E-state index contributed by atoms with van der Waals surface area (Å²) in [6, 6.07) is 5.09. The van der Waals surface area contributed by atoms with Crippen LogP contribution in [0.1, 0.15) is 37.3 Å². The summed E-state index contributed by atoms with van der Waals surface area (Å²) in [7, 11) is 0. The molecule has 1 aromatic heterocycles. The van der Waals surface area contributed by atoms with Gasteiger partial charge in [-0.3, -0.25) is 4.57 Å². The third kappa shape index (κ3) is 2.95. The minimum absolute atomic E-state index is 0.0204. The number of halogens is 1. The van der Waals surface area contributed by atoms with Crippen molar-refractivity contribution in [2.24, 2.45) is 0 Å². The first-order valence-corrected chi connectivity index (χ1v) is 9.65. The van der Waals surface area contributed by atoms with Crippen LogP contribution in [0.2, 0.25) is 0 Å². The molecule has 2 aliphatic heterocycles. The largest absolute Gasteiger partial charge is 0.381 e. The number of hydrogen-bond acceptors (Lipinski definition) is 3. The van der Waals surface area contributed by atoms with Crippen LogP contribution in [-0.4, -0.2) is 46.8 Å². The van der Waals surface area contributed by atoms with Crippen molar-refractivity contribution in [2.45, 2.75) is 44.7 Å². The van der Waals surface area contributed by atoms with Crippen LogP contribution in [0.15, 0.2) is 21.4 Å². The predicted octanol–water partition coefficient (Wildman–Crippen LogP) is 3.22. The number of likely N-dealkylation sites (tertiary alicyclic amines) is 1. The number of rotatable bonds is 2. The number of fused-ring (bicyclic) bond motifs is 1. The number of imidazole rings is 1. The lowest BCUT2D eigenvalue weighted by Gasteiger charge is -2.39. The zero-order valence-corrected chi connectivity index (χ0v) is 15.6. The molecule has 0 amide bonds. The van der Waals surface area contributed by atoms with E-state index < -0.39 is 0 Å². The zero-order chi connectivity index (χ0) is 16.7. The lowest BCUT2D eigenvalue weighted by molar-refractivity contribution is 0.0220. The molecule has 0 spiro atoms. The van der Waals surface area contributed by atoms with Gasteiger partial charge in [-0.25, -0.2) is 4.79 Å². The number of nitrogens with one attached hydrogen (secondary N) is 1. The molecule has 0 radical (unpaired) electrons. The zero-order valence-electron chi connectivity index (χ0n) is 14.1. The lowest BCUT2D eigenvalue weighted by atomic mass is 9.99. The molecule has 0 aliphatic carbocycles. The quantitative estimate of drug-likeness (QED) is 0.851. The Morgan fingerprint density at radius 3 is 2.54 bits per heavy atom. The number of piperidine rings is 1. The summed E-state index contributed by atoms with van der Waals surface area (Å²) in [4.78, 5) is 18.1. The first-order chi connectivity index (χ1) is 11.6. The van der Waals surface area contributed by atoms with Gasteiger partial charge in [-0.1, -0.05) is 15.9 Å². The van der Waals surface area contributed by atoms with Crippen LogP contribution in [0.5, 0.6) is 0 Å². The molecule has 1 N–H and O–H groups in total. The maximum absolute atomic E-state index is 12.5. The first-order valence-electron chi connectivity index (χ1n) is 8.85. The smallest absolute Gasteiger partial charge is 0.326 e. The summed E-state index contributed by atoms with van der Waals surface area (Å²) >= 11 is 3.55. The molecular weight excluding hydrogens is 370 g/mol. The number of aryl methyl sites for hydroxylation is 1. The topological polar surface area (TPSA) is 50.3 Å². The summed E-state index contributed by atoms with van der Waals surface area (Å²) in [6.45, 7) is 5.99. The molecule has 3 heterocycles. The van der Waals surface area contributed by atoms with Crippen LogP contribution in [0.4, 0.5) is 0 Å². The molecule has 2 saturated heterocycles. The van der Waals surface area contributed by atoms with E-state index in [4.69, 9.17) is 4.74 Å². The van der Waals surface area contributed by atoms with Gasteiger partial charge in [0.25, 0.3) is 0 Å². The van der Waals surface area contributed by atoms with Crippen molar-refractivity contribution in [1.29, 1.82) is 0 Å². The third-order valence-corrected chi connectivity index (χ3v) is 6.42. The fourth-order valence-electron chi connectivity index (χ4n) is 4.17. The summed E-state index contributed by atoms with van der Waals surface area (Å²) in [5.41, 5.74) is 3.14. The van der Waals surface area contributed by atoms with Gasteiger partial charge in [0.15, 0.2) is 0 Å². The molecule has 2 fully saturated rings. The van der Waals surface area contributed by atoms with Gasteiger partial charge in [-0.05, 0) is 50.3 Å². The van der Waals surface area contributed by atoms with Crippen LogP contribution >= 0.6 is 15.9 Å². The number of aromatic nitrogens is 2. The maximum Gasteiger partial charge on any atom is 0.326 e. The van der Waals surface area contributed by atoms with E-state index in [1.807, 2.05) is 10.6 Å². The van der Waals surface area contributed by atoms with Crippen LogP contribution in [0.3, 0.4) is 0 Å². The SMILES string of the molecule is Cc1cc2c(cc1Br)[nH]c(=O)n2C1CCN(C2CCOCC2)CC1. The fraction of sp³-hybridized carbons (Fsp3) is 0.611. The summed E-state index contributed by atoms with van der Waals surface area (Å²) in [6.07, 6.45) is 4.37. The normalized spacial score (nSPS) is 21.6. The molecule has 24 heavy (non-hydrogen) atoms. The Morgan fingerprint density at radius 2 is 1.83 bits per heavy atom. The minimum atomic E-state index is 0.0204. The molecular formula is C18H24BrN3O2. The molecule has 2 aromatic rings. The second kappa shape index (κ2) is 6.65. The highest BCUT2D eigenvalue weighted by Gasteiger charge is 2.28. The number of nitrogens with zero attached hydrogens (tertiary/aromatic N) is 2. The fourth-order valence-corrected chi connectivity index (χ4v) is 4.52. The van der Waals surface area contributed by atoms with Gasteiger partial charge in [0.2, 0.25) is 0 Å². The molecule has 0 saturated carbocycles. The molecule has 0 atom stereocenters. The van der Waals surface area contributed by atoms with Crippen molar-refractivity contribution in [3.05, 3.63) is 32.7 Å². The number of aromatic amines is 1. The highest BCUT2D eigenvalue weighted by molar-refractivity contribution is 9.10. The van der Waals surface area contributed by atoms with Crippen LogP contribution in [0.25, 0.3) is 11.0 Å². The van der Waals surface area contributed by atoms with Crippen molar-refractivity contribution in [3.63, 3.8) is 0 Å². The Balaban J connectivity index is 1.55. The highest BCUT2D eigenvalue weighted by Crippen LogP contribution is 2.29. The van der Waals surface area contributed by atoms with Gasteiger partial charge in [0.05, 0.1) is 11.0 Å². The molecule has 1 aromatic carbocycles. The van der Waals surface area contributed by atoms with Gasteiger partial charge in [-0.2, -0.15) is 0 Å². The average Bonchev–Trinajstić information content (AvgIpc) is 2.91. The average molecular weight is 394 g/mol. The van der Waals surface area contributed by atoms with Crippen molar-refractivity contribution in [1.82, 2.24) is 14.5 Å². The number of hydrogen-bond donors (Lipinski definition) is 1. The molecule has 130 valence electrons. The van der Waals surface area contributed by atoms with Crippen molar-refractivity contribution >= 4 is 27.0 Å². The Labute approximate surface area is 150 Å². The van der Waals surface area contributed by atoms with Crippen LogP contribution < -0.4 is 5.69 Å². The van der Waals surface area contributed by atoms with Gasteiger partial charge >= 0.3 is 5.69 Å². The van der Waals surface area contributed by atoms with E-state index >= 15 is 0 Å². The molecule has 4 rings (SSSR count). The maximum atomic E-state index is 12.5. The predicted molar refractivity (Wildman–Crippen MR) is 98.7 cm³/mol. The molecule has 2 aliphatic rings. The van der Waals surface area contributed by atoms with E-state index in [9.17, 15) is 4.79 Å². The Kier molecular flexibility index (Phi) is 4.54. The van der Waals surface area contributed by atoms with E-state index in [-0.39, 0.29) is 5.69 Å². The number of ether oxygens (including phenoxy) is 1. The number of H-pyrrole nitrogens is 1. The van der Waals surface area contributed by atoms with Gasteiger partial charge in [0.1, 0.15) is 0 Å². The summed E-state index contributed by atoms with van der Waals surface area (Å²) < 4.78 is 8.50. The summed E-state index contributed by atoms with van der Waals surface area (Å²) in [5.74, 6) is 0. The Morgan fingerprint density at radius 1 is 1.12 bits per heavy atom. The molecule has 6 heteroatoms. The first kappa shape index (κ1) is 16.4. The van der Waals surface area contributed by atoms with Crippen molar-refractivity contribution < 1.29 is 4.74 Å². The van der Waals surface area contributed by atoms with E-state index in [0.717, 1.165) is 73.1 Å². The van der Waals surface area contributed by atoms with Gasteiger partial charge in [0, 0.05) is 42.9 Å². The molecule has 5 nitrogen and oxygen atoms in total.